The third-order valence-electron chi connectivity index (χ3n) is 4.23. The third-order valence-corrected chi connectivity index (χ3v) is 4.23. The van der Waals surface area contributed by atoms with E-state index in [0.29, 0.717) is 38.6 Å². The van der Waals surface area contributed by atoms with Crippen molar-refractivity contribution in [3.8, 4) is 0 Å². The van der Waals surface area contributed by atoms with Crippen LogP contribution >= 0.6 is 0 Å². The Labute approximate surface area is 120 Å². The van der Waals surface area contributed by atoms with Gasteiger partial charge in [-0.2, -0.15) is 0 Å². The summed E-state index contributed by atoms with van der Waals surface area (Å²) >= 11 is 0. The molecule has 1 amide bonds. The van der Waals surface area contributed by atoms with Gasteiger partial charge in [-0.15, -0.1) is 0 Å². The number of carbonyl (C=O) groups excluding carboxylic acids is 1. The van der Waals surface area contributed by atoms with Gasteiger partial charge in [-0.25, -0.2) is 0 Å². The number of rotatable bonds is 5. The second kappa shape index (κ2) is 7.36. The first kappa shape index (κ1) is 15.7. The van der Waals surface area contributed by atoms with Gasteiger partial charge < -0.3 is 20.3 Å². The van der Waals surface area contributed by atoms with Gasteiger partial charge in [-0.1, -0.05) is 0 Å². The number of hydrogen-bond acceptors (Lipinski definition) is 5. The number of ether oxygens (including phenoxy) is 1. The van der Waals surface area contributed by atoms with Gasteiger partial charge in [0, 0.05) is 45.4 Å². The van der Waals surface area contributed by atoms with Crippen LogP contribution in [0.3, 0.4) is 0 Å². The van der Waals surface area contributed by atoms with E-state index < -0.39 is 5.79 Å². The first-order chi connectivity index (χ1) is 9.55. The molecule has 0 spiro atoms. The van der Waals surface area contributed by atoms with E-state index in [4.69, 9.17) is 4.74 Å². The SMILES string of the molecule is O=C(CC1CCC(O)(O)CC1)NCCN1CCOCC1. The Kier molecular flexibility index (Phi) is 5.77. The van der Waals surface area contributed by atoms with E-state index in [1.54, 1.807) is 0 Å². The van der Waals surface area contributed by atoms with Crippen LogP contribution in [0.1, 0.15) is 32.1 Å². The Morgan fingerprint density at radius 1 is 1.25 bits per heavy atom. The maximum Gasteiger partial charge on any atom is 0.220 e. The zero-order valence-corrected chi connectivity index (χ0v) is 12.0. The van der Waals surface area contributed by atoms with E-state index in [0.717, 1.165) is 32.8 Å². The summed E-state index contributed by atoms with van der Waals surface area (Å²) in [5, 5.41) is 21.9. The van der Waals surface area contributed by atoms with E-state index in [1.165, 1.54) is 0 Å². The Morgan fingerprint density at radius 2 is 1.90 bits per heavy atom. The molecule has 6 nitrogen and oxygen atoms in total. The molecule has 0 bridgehead atoms. The Balaban J connectivity index is 1.56. The molecule has 2 fully saturated rings. The van der Waals surface area contributed by atoms with Crippen molar-refractivity contribution >= 4 is 5.91 Å². The first-order valence-electron chi connectivity index (χ1n) is 7.57. The maximum absolute atomic E-state index is 11.8. The Hall–Kier alpha value is -0.690. The average molecular weight is 286 g/mol. The van der Waals surface area contributed by atoms with Crippen molar-refractivity contribution in [2.45, 2.75) is 37.9 Å². The number of amides is 1. The van der Waals surface area contributed by atoms with Crippen molar-refractivity contribution in [1.82, 2.24) is 10.2 Å². The molecule has 0 atom stereocenters. The number of carbonyl (C=O) groups is 1. The highest BCUT2D eigenvalue weighted by molar-refractivity contribution is 5.76. The van der Waals surface area contributed by atoms with Crippen LogP contribution in [0.25, 0.3) is 0 Å². The monoisotopic (exact) mass is 286 g/mol. The van der Waals surface area contributed by atoms with Gasteiger partial charge in [0.15, 0.2) is 5.79 Å². The largest absolute Gasteiger partial charge is 0.379 e. The molecule has 1 aliphatic heterocycles. The van der Waals surface area contributed by atoms with Gasteiger partial charge >= 0.3 is 0 Å². The standard InChI is InChI=1S/C14H26N2O4/c17-13(11-12-1-3-14(18,19)4-2-12)15-5-6-16-7-9-20-10-8-16/h12,18-19H,1-11H2,(H,15,17). The number of nitrogens with zero attached hydrogens (tertiary/aromatic N) is 1. The lowest BCUT2D eigenvalue weighted by Gasteiger charge is -2.31. The van der Waals surface area contributed by atoms with E-state index >= 15 is 0 Å². The van der Waals surface area contributed by atoms with Crippen molar-refractivity contribution in [2.75, 3.05) is 39.4 Å². The number of hydrogen-bond donors (Lipinski definition) is 3. The second-order valence-electron chi connectivity index (χ2n) is 5.93. The fraction of sp³-hybridized carbons (Fsp3) is 0.929. The average Bonchev–Trinajstić information content (AvgIpc) is 2.42. The van der Waals surface area contributed by atoms with E-state index in [2.05, 4.69) is 10.2 Å². The molecule has 0 unspecified atom stereocenters. The fourth-order valence-electron chi connectivity index (χ4n) is 2.86. The molecule has 2 rings (SSSR count). The van der Waals surface area contributed by atoms with Gasteiger partial charge in [-0.3, -0.25) is 9.69 Å². The Bertz CT molecular complexity index is 306. The molecule has 116 valence electrons. The van der Waals surface area contributed by atoms with Gasteiger partial charge in [0.05, 0.1) is 13.2 Å². The highest BCUT2D eigenvalue weighted by Crippen LogP contribution is 2.31. The summed E-state index contributed by atoms with van der Waals surface area (Å²) in [6.07, 6.45) is 2.67. The molecule has 3 N–H and O–H groups in total. The zero-order valence-electron chi connectivity index (χ0n) is 12.0. The highest BCUT2D eigenvalue weighted by Gasteiger charge is 2.31. The fourth-order valence-corrected chi connectivity index (χ4v) is 2.86. The highest BCUT2D eigenvalue weighted by atomic mass is 16.5. The van der Waals surface area contributed by atoms with Gasteiger partial charge in [-0.05, 0) is 18.8 Å². The molecule has 6 heteroatoms. The van der Waals surface area contributed by atoms with Crippen LogP contribution in [0.15, 0.2) is 0 Å². The minimum absolute atomic E-state index is 0.0756. The van der Waals surface area contributed by atoms with E-state index in [-0.39, 0.29) is 11.8 Å². The molecule has 20 heavy (non-hydrogen) atoms. The minimum Gasteiger partial charge on any atom is -0.379 e. The van der Waals surface area contributed by atoms with Crippen LogP contribution in [-0.2, 0) is 9.53 Å². The number of nitrogens with one attached hydrogen (secondary N) is 1. The van der Waals surface area contributed by atoms with Crippen LogP contribution in [0, 0.1) is 5.92 Å². The lowest BCUT2D eigenvalue weighted by atomic mass is 9.83. The van der Waals surface area contributed by atoms with Crippen molar-refractivity contribution < 1.29 is 19.7 Å². The van der Waals surface area contributed by atoms with Crippen LogP contribution in [-0.4, -0.2) is 66.2 Å². The third kappa shape index (κ3) is 5.36. The summed E-state index contributed by atoms with van der Waals surface area (Å²) in [4.78, 5) is 14.1. The first-order valence-corrected chi connectivity index (χ1v) is 7.57. The lowest BCUT2D eigenvalue weighted by molar-refractivity contribution is -0.186. The predicted octanol–water partition coefficient (Wildman–Crippen LogP) is -0.304. The quantitative estimate of drug-likeness (QED) is 0.604. The minimum atomic E-state index is -1.51. The van der Waals surface area contributed by atoms with Crippen LogP contribution in [0.5, 0.6) is 0 Å². The number of morpholine rings is 1. The molecule has 1 aliphatic carbocycles. The number of aliphatic hydroxyl groups is 2. The molecule has 0 radical (unpaired) electrons. The molecule has 2 aliphatic rings. The van der Waals surface area contributed by atoms with E-state index in [1.807, 2.05) is 0 Å². The van der Waals surface area contributed by atoms with Crippen LogP contribution in [0.4, 0.5) is 0 Å². The molecular formula is C14H26N2O4. The predicted molar refractivity (Wildman–Crippen MR) is 74.0 cm³/mol. The zero-order chi connectivity index (χ0) is 14.4. The molecule has 1 saturated carbocycles. The molecule has 0 aromatic rings. The summed E-state index contributed by atoms with van der Waals surface area (Å²) in [5.74, 6) is -1.15. The second-order valence-corrected chi connectivity index (χ2v) is 5.93. The molecule has 1 heterocycles. The van der Waals surface area contributed by atoms with Crippen molar-refractivity contribution in [2.24, 2.45) is 5.92 Å². The van der Waals surface area contributed by atoms with Gasteiger partial charge in [0.2, 0.25) is 5.91 Å². The lowest BCUT2D eigenvalue weighted by Crippen LogP contribution is -2.41. The molecule has 0 aromatic carbocycles. The summed E-state index contributed by atoms with van der Waals surface area (Å²) in [7, 11) is 0. The van der Waals surface area contributed by atoms with Crippen molar-refractivity contribution in [1.29, 1.82) is 0 Å². The van der Waals surface area contributed by atoms with E-state index in [9.17, 15) is 15.0 Å². The summed E-state index contributed by atoms with van der Waals surface area (Å²) < 4.78 is 5.27. The molecule has 1 saturated heterocycles. The summed E-state index contributed by atoms with van der Waals surface area (Å²) in [6.45, 7) is 4.98. The molecular weight excluding hydrogens is 260 g/mol. The summed E-state index contributed by atoms with van der Waals surface area (Å²) in [6, 6.07) is 0. The smallest absolute Gasteiger partial charge is 0.220 e. The maximum atomic E-state index is 11.8. The van der Waals surface area contributed by atoms with Crippen LogP contribution in [0.2, 0.25) is 0 Å². The normalized spacial score (nSPS) is 24.5. The molecule has 0 aromatic heterocycles. The van der Waals surface area contributed by atoms with Crippen LogP contribution < -0.4 is 5.32 Å². The van der Waals surface area contributed by atoms with Crippen molar-refractivity contribution in [3.05, 3.63) is 0 Å². The van der Waals surface area contributed by atoms with Gasteiger partial charge in [0.1, 0.15) is 0 Å². The topological polar surface area (TPSA) is 82.0 Å². The Morgan fingerprint density at radius 3 is 2.55 bits per heavy atom. The van der Waals surface area contributed by atoms with Crippen molar-refractivity contribution in [3.63, 3.8) is 0 Å². The van der Waals surface area contributed by atoms with Gasteiger partial charge in [0.25, 0.3) is 0 Å². The summed E-state index contributed by atoms with van der Waals surface area (Å²) in [5.41, 5.74) is 0.